The average molecular weight is 331 g/mol. The number of hydrogen-bond donors (Lipinski definition) is 0. The van der Waals surface area contributed by atoms with Crippen molar-refractivity contribution in [2.45, 2.75) is 13.3 Å². The van der Waals surface area contributed by atoms with Crippen molar-refractivity contribution in [3.05, 3.63) is 59.7 Å². The summed E-state index contributed by atoms with van der Waals surface area (Å²) in [5.41, 5.74) is 1.96. The summed E-state index contributed by atoms with van der Waals surface area (Å²) in [6.07, 6.45) is 0.624. The van der Waals surface area contributed by atoms with Gasteiger partial charge in [0.2, 0.25) is 10.0 Å². The zero-order valence-electron chi connectivity index (χ0n) is 12.7. The highest BCUT2D eigenvalue weighted by Crippen LogP contribution is 2.24. The highest BCUT2D eigenvalue weighted by Gasteiger charge is 2.28. The molecule has 1 aliphatic rings. The van der Waals surface area contributed by atoms with Crippen LogP contribution < -0.4 is 9.04 Å². The number of rotatable bonds is 3. The number of sulfonamides is 1. The monoisotopic (exact) mass is 331 g/mol. The predicted molar refractivity (Wildman–Crippen MR) is 88.3 cm³/mol. The lowest BCUT2D eigenvalue weighted by Crippen LogP contribution is -2.25. The molecule has 0 bridgehead atoms. The molecule has 0 radical (unpaired) electrons. The van der Waals surface area contributed by atoms with Gasteiger partial charge in [0.1, 0.15) is 5.75 Å². The van der Waals surface area contributed by atoms with E-state index in [1.54, 1.807) is 36.4 Å². The molecule has 0 atom stereocenters. The maximum Gasteiger partial charge on any atom is 0.343 e. The van der Waals surface area contributed by atoms with Gasteiger partial charge in [0.05, 0.1) is 17.0 Å². The maximum absolute atomic E-state index is 12.1. The average Bonchev–Trinajstić information content (AvgIpc) is 2.87. The lowest BCUT2D eigenvalue weighted by molar-refractivity contribution is 0.0735. The number of ether oxygens (including phenoxy) is 1. The van der Waals surface area contributed by atoms with E-state index in [-0.39, 0.29) is 5.75 Å². The molecule has 1 heterocycles. The number of nitrogens with zero attached hydrogens (tertiary/aromatic N) is 1. The Morgan fingerprint density at radius 2 is 1.87 bits per heavy atom. The standard InChI is InChI=1S/C17H17NO4S/c1-13-4-2-5-16(12-13)22-17(19)14-6-8-15(9-7-14)18-10-3-11-23(18,20)21/h2,4-9,12H,3,10-11H2,1H3. The smallest absolute Gasteiger partial charge is 0.343 e. The Hall–Kier alpha value is -2.34. The zero-order chi connectivity index (χ0) is 16.4. The van der Waals surface area contributed by atoms with Gasteiger partial charge in [-0.2, -0.15) is 0 Å². The molecule has 0 N–H and O–H groups in total. The van der Waals surface area contributed by atoms with Crippen LogP contribution in [0.4, 0.5) is 5.69 Å². The molecule has 3 rings (SSSR count). The van der Waals surface area contributed by atoms with Gasteiger partial charge in [-0.05, 0) is 55.3 Å². The molecule has 1 saturated heterocycles. The summed E-state index contributed by atoms with van der Waals surface area (Å²) >= 11 is 0. The van der Waals surface area contributed by atoms with Crippen molar-refractivity contribution in [1.82, 2.24) is 0 Å². The van der Waals surface area contributed by atoms with Crippen molar-refractivity contribution in [3.8, 4) is 5.75 Å². The quantitative estimate of drug-likeness (QED) is 0.641. The fourth-order valence-corrected chi connectivity index (χ4v) is 4.10. The van der Waals surface area contributed by atoms with Gasteiger partial charge in [-0.3, -0.25) is 4.31 Å². The van der Waals surface area contributed by atoms with E-state index >= 15 is 0 Å². The van der Waals surface area contributed by atoms with E-state index in [1.807, 2.05) is 19.1 Å². The molecular weight excluding hydrogens is 314 g/mol. The second-order valence-corrected chi connectivity index (χ2v) is 7.51. The topological polar surface area (TPSA) is 63.7 Å². The van der Waals surface area contributed by atoms with E-state index in [0.29, 0.717) is 30.0 Å². The summed E-state index contributed by atoms with van der Waals surface area (Å²) in [7, 11) is -3.21. The summed E-state index contributed by atoms with van der Waals surface area (Å²) in [5, 5.41) is 0. The molecule has 0 aromatic heterocycles. The third-order valence-electron chi connectivity index (χ3n) is 3.69. The molecule has 0 unspecified atom stereocenters. The first kappa shape index (κ1) is 15.6. The van der Waals surface area contributed by atoms with Crippen LogP contribution in [0.3, 0.4) is 0 Å². The predicted octanol–water partition coefficient (Wildman–Crippen LogP) is 2.75. The molecule has 0 spiro atoms. The third-order valence-corrected chi connectivity index (χ3v) is 5.56. The highest BCUT2D eigenvalue weighted by molar-refractivity contribution is 7.93. The first-order chi connectivity index (χ1) is 11.0. The maximum atomic E-state index is 12.1. The van der Waals surface area contributed by atoms with Crippen LogP contribution in [0.5, 0.6) is 5.75 Å². The first-order valence-corrected chi connectivity index (χ1v) is 8.96. The number of carbonyl (C=O) groups is 1. The molecule has 0 aliphatic carbocycles. The molecule has 1 fully saturated rings. The molecule has 23 heavy (non-hydrogen) atoms. The van der Waals surface area contributed by atoms with Crippen LogP contribution >= 0.6 is 0 Å². The molecule has 120 valence electrons. The number of anilines is 1. The van der Waals surface area contributed by atoms with Gasteiger partial charge >= 0.3 is 5.97 Å². The van der Waals surface area contributed by atoms with E-state index in [2.05, 4.69) is 0 Å². The summed E-state index contributed by atoms with van der Waals surface area (Å²) in [5.74, 6) is 0.192. The minimum absolute atomic E-state index is 0.171. The number of aryl methyl sites for hydroxylation is 1. The number of carbonyl (C=O) groups excluding carboxylic acids is 1. The van der Waals surface area contributed by atoms with Gasteiger partial charge in [-0.1, -0.05) is 12.1 Å². The SMILES string of the molecule is Cc1cccc(OC(=O)c2ccc(N3CCCS3(=O)=O)cc2)c1. The van der Waals surface area contributed by atoms with Gasteiger partial charge in [0.25, 0.3) is 0 Å². The zero-order valence-corrected chi connectivity index (χ0v) is 13.5. The van der Waals surface area contributed by atoms with Crippen molar-refractivity contribution in [2.75, 3.05) is 16.6 Å². The fraction of sp³-hybridized carbons (Fsp3) is 0.235. The van der Waals surface area contributed by atoms with Crippen LogP contribution in [0.15, 0.2) is 48.5 Å². The molecule has 2 aromatic rings. The van der Waals surface area contributed by atoms with Crippen LogP contribution in [-0.2, 0) is 10.0 Å². The Balaban J connectivity index is 1.75. The van der Waals surface area contributed by atoms with Gasteiger partial charge in [0.15, 0.2) is 0 Å². The van der Waals surface area contributed by atoms with Gasteiger partial charge in [0, 0.05) is 6.54 Å². The second kappa shape index (κ2) is 6.04. The largest absolute Gasteiger partial charge is 0.423 e. The molecule has 6 heteroatoms. The van der Waals surface area contributed by atoms with Crippen LogP contribution in [-0.4, -0.2) is 26.7 Å². The van der Waals surface area contributed by atoms with E-state index < -0.39 is 16.0 Å². The van der Waals surface area contributed by atoms with E-state index in [9.17, 15) is 13.2 Å². The number of hydrogen-bond acceptors (Lipinski definition) is 4. The summed E-state index contributed by atoms with van der Waals surface area (Å²) in [6.45, 7) is 2.40. The first-order valence-electron chi connectivity index (χ1n) is 7.35. The molecule has 0 saturated carbocycles. The molecule has 0 amide bonds. The minimum atomic E-state index is -3.21. The van der Waals surface area contributed by atoms with Crippen LogP contribution in [0.2, 0.25) is 0 Å². The Labute approximate surface area is 135 Å². The molecular formula is C17H17NO4S. The van der Waals surface area contributed by atoms with Crippen molar-refractivity contribution >= 4 is 21.7 Å². The number of benzene rings is 2. The Morgan fingerprint density at radius 1 is 1.13 bits per heavy atom. The lowest BCUT2D eigenvalue weighted by atomic mass is 10.2. The van der Waals surface area contributed by atoms with Crippen LogP contribution in [0.25, 0.3) is 0 Å². The summed E-state index contributed by atoms with van der Waals surface area (Å²) < 4.78 is 30.5. The van der Waals surface area contributed by atoms with Crippen LogP contribution in [0, 0.1) is 6.92 Å². The van der Waals surface area contributed by atoms with Gasteiger partial charge < -0.3 is 4.74 Å². The van der Waals surface area contributed by atoms with E-state index in [0.717, 1.165) is 5.56 Å². The Morgan fingerprint density at radius 3 is 2.48 bits per heavy atom. The fourth-order valence-electron chi connectivity index (χ4n) is 2.54. The van der Waals surface area contributed by atoms with Crippen molar-refractivity contribution < 1.29 is 17.9 Å². The van der Waals surface area contributed by atoms with Gasteiger partial charge in [-0.25, -0.2) is 13.2 Å². The minimum Gasteiger partial charge on any atom is -0.423 e. The highest BCUT2D eigenvalue weighted by atomic mass is 32.2. The Bertz CT molecular complexity index is 828. The van der Waals surface area contributed by atoms with E-state index in [4.69, 9.17) is 4.74 Å². The van der Waals surface area contributed by atoms with Gasteiger partial charge in [-0.15, -0.1) is 0 Å². The van der Waals surface area contributed by atoms with Crippen molar-refractivity contribution in [3.63, 3.8) is 0 Å². The molecule has 1 aliphatic heterocycles. The Kier molecular flexibility index (Phi) is 4.09. The molecule has 5 nitrogen and oxygen atoms in total. The summed E-state index contributed by atoms with van der Waals surface area (Å²) in [4.78, 5) is 12.1. The van der Waals surface area contributed by atoms with E-state index in [1.165, 1.54) is 4.31 Å². The number of esters is 1. The summed E-state index contributed by atoms with van der Waals surface area (Å²) in [6, 6.07) is 13.7. The molecule has 2 aromatic carbocycles. The van der Waals surface area contributed by atoms with Crippen LogP contribution in [0.1, 0.15) is 22.3 Å². The third kappa shape index (κ3) is 3.37. The normalized spacial score (nSPS) is 16.3. The van der Waals surface area contributed by atoms with Crippen molar-refractivity contribution in [2.24, 2.45) is 0 Å². The second-order valence-electron chi connectivity index (χ2n) is 5.49. The van der Waals surface area contributed by atoms with Crippen molar-refractivity contribution in [1.29, 1.82) is 0 Å². The lowest BCUT2D eigenvalue weighted by Gasteiger charge is -2.16.